The zero-order valence-electron chi connectivity index (χ0n) is 9.46. The highest BCUT2D eigenvalue weighted by atomic mass is 16.2. The topological polar surface area (TPSA) is 67.5 Å². The number of rotatable bonds is 4. The van der Waals surface area contributed by atoms with E-state index in [0.717, 1.165) is 24.5 Å². The van der Waals surface area contributed by atoms with E-state index in [2.05, 4.69) is 17.5 Å². The van der Waals surface area contributed by atoms with Crippen molar-refractivity contribution in [3.05, 3.63) is 0 Å². The van der Waals surface area contributed by atoms with Crippen LogP contribution in [0.2, 0.25) is 0 Å². The first-order chi connectivity index (χ1) is 7.22. The van der Waals surface area contributed by atoms with Crippen LogP contribution >= 0.6 is 0 Å². The molecule has 0 aromatic rings. The van der Waals surface area contributed by atoms with Crippen molar-refractivity contribution < 1.29 is 4.79 Å². The number of nitrogens with two attached hydrogens (primary N) is 1. The van der Waals surface area contributed by atoms with Gasteiger partial charge < -0.3 is 5.73 Å². The predicted octanol–water partition coefficient (Wildman–Crippen LogP) is 2.39. The van der Waals surface area contributed by atoms with Crippen molar-refractivity contribution in [1.82, 2.24) is 5.43 Å². The second-order valence-electron chi connectivity index (χ2n) is 4.24. The molecule has 0 heterocycles. The van der Waals surface area contributed by atoms with E-state index in [1.807, 2.05) is 0 Å². The number of nitrogens with one attached hydrogen (secondary N) is 1. The first kappa shape index (κ1) is 12.0. The Morgan fingerprint density at radius 2 is 2.20 bits per heavy atom. The molecule has 2 amide bonds. The second-order valence-corrected chi connectivity index (χ2v) is 4.24. The molecule has 1 saturated carbocycles. The third-order valence-corrected chi connectivity index (χ3v) is 2.97. The van der Waals surface area contributed by atoms with Crippen LogP contribution < -0.4 is 11.2 Å². The number of urea groups is 1. The molecule has 15 heavy (non-hydrogen) atoms. The summed E-state index contributed by atoms with van der Waals surface area (Å²) in [5, 5.41) is 3.99. The van der Waals surface area contributed by atoms with Crippen molar-refractivity contribution in [3.8, 4) is 0 Å². The molecule has 1 aliphatic rings. The van der Waals surface area contributed by atoms with E-state index in [1.165, 1.54) is 32.1 Å². The van der Waals surface area contributed by atoms with Gasteiger partial charge in [-0.2, -0.15) is 5.10 Å². The summed E-state index contributed by atoms with van der Waals surface area (Å²) >= 11 is 0. The van der Waals surface area contributed by atoms with Crippen LogP contribution in [0.1, 0.15) is 51.9 Å². The van der Waals surface area contributed by atoms with E-state index in [-0.39, 0.29) is 0 Å². The third kappa shape index (κ3) is 4.81. The second kappa shape index (κ2) is 6.43. The molecule has 0 atom stereocenters. The van der Waals surface area contributed by atoms with Gasteiger partial charge in [0.1, 0.15) is 0 Å². The minimum absolute atomic E-state index is 0.574. The molecule has 1 fully saturated rings. The molecule has 0 unspecified atom stereocenters. The average molecular weight is 211 g/mol. The van der Waals surface area contributed by atoms with Crippen molar-refractivity contribution in [2.45, 2.75) is 51.9 Å². The molecule has 0 spiro atoms. The van der Waals surface area contributed by atoms with Crippen LogP contribution in [0.15, 0.2) is 5.10 Å². The van der Waals surface area contributed by atoms with Gasteiger partial charge in [0.25, 0.3) is 0 Å². The van der Waals surface area contributed by atoms with Crippen LogP contribution in [0.25, 0.3) is 0 Å². The molecule has 4 nitrogen and oxygen atoms in total. The Kier molecular flexibility index (Phi) is 5.15. The maximum Gasteiger partial charge on any atom is 0.332 e. The summed E-state index contributed by atoms with van der Waals surface area (Å²) in [5.41, 5.74) is 8.33. The van der Waals surface area contributed by atoms with E-state index >= 15 is 0 Å². The van der Waals surface area contributed by atoms with E-state index < -0.39 is 6.03 Å². The van der Waals surface area contributed by atoms with Gasteiger partial charge in [0.05, 0.1) is 0 Å². The minimum atomic E-state index is -0.574. The first-order valence-electron chi connectivity index (χ1n) is 5.83. The average Bonchev–Trinajstić information content (AvgIpc) is 2.25. The molecule has 0 saturated heterocycles. The van der Waals surface area contributed by atoms with Crippen LogP contribution in [0, 0.1) is 5.92 Å². The van der Waals surface area contributed by atoms with E-state index in [4.69, 9.17) is 5.73 Å². The number of primary amides is 1. The summed E-state index contributed by atoms with van der Waals surface area (Å²) < 4.78 is 0. The van der Waals surface area contributed by atoms with Gasteiger partial charge in [0, 0.05) is 5.71 Å². The number of unbranched alkanes of at least 4 members (excludes halogenated alkanes) is 1. The Bertz CT molecular complexity index is 228. The molecule has 1 rings (SSSR count). The number of nitrogens with zero attached hydrogens (tertiary/aromatic N) is 1. The zero-order valence-corrected chi connectivity index (χ0v) is 9.46. The summed E-state index contributed by atoms with van der Waals surface area (Å²) in [6, 6.07) is -0.574. The maximum atomic E-state index is 10.5. The normalized spacial score (nSPS) is 21.1. The molecule has 0 aromatic carbocycles. The summed E-state index contributed by atoms with van der Waals surface area (Å²) in [4.78, 5) is 10.5. The van der Waals surface area contributed by atoms with Crippen LogP contribution in [-0.4, -0.2) is 11.7 Å². The molecule has 3 N–H and O–H groups in total. The van der Waals surface area contributed by atoms with Crippen LogP contribution in [0.4, 0.5) is 4.79 Å². The predicted molar refractivity (Wildman–Crippen MR) is 61.6 cm³/mol. The van der Waals surface area contributed by atoms with Crippen molar-refractivity contribution >= 4 is 11.7 Å². The fourth-order valence-corrected chi connectivity index (χ4v) is 2.04. The summed E-state index contributed by atoms with van der Waals surface area (Å²) in [5.74, 6) is 0.859. The standard InChI is InChI=1S/C11H21N3O/c1-2-3-4-9-5-7-10(8-6-9)13-14-11(12)15/h9H,2-8H2,1H3,(H3,12,14,15). The van der Waals surface area contributed by atoms with Crippen molar-refractivity contribution in [1.29, 1.82) is 0 Å². The fraction of sp³-hybridized carbons (Fsp3) is 0.818. The number of hydrogen-bond acceptors (Lipinski definition) is 2. The van der Waals surface area contributed by atoms with Gasteiger partial charge in [-0.3, -0.25) is 0 Å². The molecule has 4 heteroatoms. The van der Waals surface area contributed by atoms with Crippen LogP contribution in [0.3, 0.4) is 0 Å². The number of hydrazone groups is 1. The highest BCUT2D eigenvalue weighted by Crippen LogP contribution is 2.26. The summed E-state index contributed by atoms with van der Waals surface area (Å²) in [7, 11) is 0. The largest absolute Gasteiger partial charge is 0.350 e. The van der Waals surface area contributed by atoms with Gasteiger partial charge >= 0.3 is 6.03 Å². The number of hydrogen-bond donors (Lipinski definition) is 2. The Hall–Kier alpha value is -1.06. The number of carbonyl (C=O) groups is 1. The minimum Gasteiger partial charge on any atom is -0.350 e. The zero-order chi connectivity index (χ0) is 11.1. The number of carbonyl (C=O) groups excluding carboxylic acids is 1. The molecular weight excluding hydrogens is 190 g/mol. The van der Waals surface area contributed by atoms with Gasteiger partial charge in [-0.25, -0.2) is 10.2 Å². The molecule has 0 aromatic heterocycles. The Morgan fingerprint density at radius 1 is 1.53 bits per heavy atom. The van der Waals surface area contributed by atoms with Crippen molar-refractivity contribution in [2.75, 3.05) is 0 Å². The lowest BCUT2D eigenvalue weighted by atomic mass is 9.85. The highest BCUT2D eigenvalue weighted by Gasteiger charge is 2.16. The Balaban J connectivity index is 2.23. The summed E-state index contributed by atoms with van der Waals surface area (Å²) in [6.45, 7) is 2.23. The fourth-order valence-electron chi connectivity index (χ4n) is 2.04. The summed E-state index contributed by atoms with van der Waals surface area (Å²) in [6.07, 6.45) is 8.38. The van der Waals surface area contributed by atoms with Crippen LogP contribution in [-0.2, 0) is 0 Å². The maximum absolute atomic E-state index is 10.5. The lowest BCUT2D eigenvalue weighted by Gasteiger charge is -2.22. The van der Waals surface area contributed by atoms with Gasteiger partial charge in [-0.15, -0.1) is 0 Å². The van der Waals surface area contributed by atoms with Crippen molar-refractivity contribution in [2.24, 2.45) is 16.8 Å². The Morgan fingerprint density at radius 3 is 2.73 bits per heavy atom. The van der Waals surface area contributed by atoms with E-state index in [0.29, 0.717) is 0 Å². The Labute approximate surface area is 91.3 Å². The molecule has 1 aliphatic carbocycles. The van der Waals surface area contributed by atoms with Gasteiger partial charge in [0.2, 0.25) is 0 Å². The molecule has 0 aliphatic heterocycles. The van der Waals surface area contributed by atoms with E-state index in [9.17, 15) is 4.79 Å². The highest BCUT2D eigenvalue weighted by molar-refractivity contribution is 5.86. The molecule has 0 radical (unpaired) electrons. The van der Waals surface area contributed by atoms with E-state index in [1.54, 1.807) is 0 Å². The smallest absolute Gasteiger partial charge is 0.332 e. The van der Waals surface area contributed by atoms with Gasteiger partial charge in [-0.1, -0.05) is 26.2 Å². The third-order valence-electron chi connectivity index (χ3n) is 2.97. The van der Waals surface area contributed by atoms with Gasteiger partial charge in [0.15, 0.2) is 0 Å². The quantitative estimate of drug-likeness (QED) is 0.689. The lowest BCUT2D eigenvalue weighted by Crippen LogP contribution is -2.27. The monoisotopic (exact) mass is 211 g/mol. The number of amides is 2. The SMILES string of the molecule is CCCCC1CCC(=NNC(N)=O)CC1. The van der Waals surface area contributed by atoms with Crippen molar-refractivity contribution in [3.63, 3.8) is 0 Å². The van der Waals surface area contributed by atoms with Crippen LogP contribution in [0.5, 0.6) is 0 Å². The van der Waals surface area contributed by atoms with Gasteiger partial charge in [-0.05, 0) is 31.6 Å². The molecule has 0 bridgehead atoms. The molecular formula is C11H21N3O. The lowest BCUT2D eigenvalue weighted by molar-refractivity contribution is 0.249. The first-order valence-corrected chi connectivity index (χ1v) is 5.83. The molecule has 86 valence electrons.